The van der Waals surface area contributed by atoms with Crippen molar-refractivity contribution < 1.29 is 9.18 Å². The van der Waals surface area contributed by atoms with Crippen molar-refractivity contribution in [1.82, 2.24) is 20.1 Å². The maximum Gasteiger partial charge on any atom is 0.268 e. The summed E-state index contributed by atoms with van der Waals surface area (Å²) in [6.45, 7) is 1.98. The molecule has 29 heavy (non-hydrogen) atoms. The molecule has 2 aromatic heterocycles. The third kappa shape index (κ3) is 3.88. The molecular formula is C21H18ClFN4OS. The molecule has 2 aromatic carbocycles. The van der Waals surface area contributed by atoms with E-state index in [-0.39, 0.29) is 18.0 Å². The van der Waals surface area contributed by atoms with Crippen molar-refractivity contribution in [2.24, 2.45) is 7.05 Å². The topological polar surface area (TPSA) is 62.7 Å². The minimum absolute atomic E-state index is 0.0220. The fourth-order valence-corrected chi connectivity index (χ4v) is 4.33. The Bertz CT molecular complexity index is 1200. The van der Waals surface area contributed by atoms with E-state index in [0.29, 0.717) is 10.7 Å². The lowest BCUT2D eigenvalue weighted by molar-refractivity contribution is 0.0942. The molecule has 0 saturated carbocycles. The second-order valence-electron chi connectivity index (χ2n) is 6.64. The summed E-state index contributed by atoms with van der Waals surface area (Å²) in [4.78, 5) is 14.7. The normalized spacial score (nSPS) is 11.2. The molecule has 4 aromatic rings. The maximum absolute atomic E-state index is 13.9. The van der Waals surface area contributed by atoms with Gasteiger partial charge < -0.3 is 9.88 Å². The number of amides is 1. The Kier molecular flexibility index (Phi) is 5.34. The summed E-state index contributed by atoms with van der Waals surface area (Å²) in [5.74, 6) is -0.723. The third-order valence-corrected chi connectivity index (χ3v) is 6.33. The molecule has 1 amide bonds. The van der Waals surface area contributed by atoms with Gasteiger partial charge in [0.25, 0.3) is 5.91 Å². The molecule has 0 spiro atoms. The van der Waals surface area contributed by atoms with E-state index in [1.807, 2.05) is 36.7 Å². The number of carbonyl (C=O) groups excluding carboxylic acids is 1. The molecule has 4 rings (SSSR count). The van der Waals surface area contributed by atoms with Crippen molar-refractivity contribution in [3.8, 4) is 0 Å². The largest absolute Gasteiger partial charge is 0.347 e. The number of aromatic nitrogens is 3. The van der Waals surface area contributed by atoms with Crippen LogP contribution in [0, 0.1) is 12.7 Å². The molecule has 0 aliphatic rings. The lowest BCUT2D eigenvalue weighted by atomic mass is 10.2. The van der Waals surface area contributed by atoms with Crippen LogP contribution in [0.25, 0.3) is 10.9 Å². The molecule has 0 atom stereocenters. The summed E-state index contributed by atoms with van der Waals surface area (Å²) >= 11 is 7.62. The number of carbonyl (C=O) groups is 1. The number of rotatable bonds is 5. The van der Waals surface area contributed by atoms with E-state index in [1.54, 1.807) is 24.0 Å². The van der Waals surface area contributed by atoms with Crippen LogP contribution in [0.5, 0.6) is 0 Å². The van der Waals surface area contributed by atoms with E-state index in [0.717, 1.165) is 26.4 Å². The first kappa shape index (κ1) is 19.5. The van der Waals surface area contributed by atoms with Crippen molar-refractivity contribution in [3.05, 3.63) is 76.5 Å². The minimum atomic E-state index is -0.438. The van der Waals surface area contributed by atoms with Gasteiger partial charge in [-0.3, -0.25) is 9.89 Å². The first-order valence-corrected chi connectivity index (χ1v) is 10.1. The number of H-pyrrole nitrogens is 1. The average Bonchev–Trinajstić information content (AvgIpc) is 3.27. The lowest BCUT2D eigenvalue weighted by Gasteiger charge is -2.09. The van der Waals surface area contributed by atoms with Gasteiger partial charge in [-0.15, -0.1) is 0 Å². The second-order valence-corrected chi connectivity index (χ2v) is 8.16. The number of aromatic amines is 1. The van der Waals surface area contributed by atoms with Crippen LogP contribution in [0.4, 0.5) is 4.39 Å². The van der Waals surface area contributed by atoms with Crippen LogP contribution in [0.1, 0.15) is 21.7 Å². The SMILES string of the molecule is Cc1c(Sc2ccc3[nH]ncc3c2)cc(C(=O)NCc2c(F)cccc2Cl)n1C. The summed E-state index contributed by atoms with van der Waals surface area (Å²) in [7, 11) is 1.84. The lowest BCUT2D eigenvalue weighted by Crippen LogP contribution is -2.25. The van der Waals surface area contributed by atoms with Crippen molar-refractivity contribution >= 4 is 40.2 Å². The summed E-state index contributed by atoms with van der Waals surface area (Å²) in [6, 6.07) is 12.4. The van der Waals surface area contributed by atoms with Crippen molar-refractivity contribution in [1.29, 1.82) is 0 Å². The highest BCUT2D eigenvalue weighted by Crippen LogP contribution is 2.33. The van der Waals surface area contributed by atoms with Gasteiger partial charge in [-0.2, -0.15) is 5.10 Å². The van der Waals surface area contributed by atoms with Crippen LogP contribution in [-0.4, -0.2) is 20.7 Å². The standard InChI is InChI=1S/C21H18ClFN4OS/c1-12-20(29-14-6-7-18-13(8-14)10-25-26-18)9-19(27(12)2)21(28)24-11-15-16(22)4-3-5-17(15)23/h3-10H,11H2,1-2H3,(H,24,28)(H,25,26). The number of hydrogen-bond acceptors (Lipinski definition) is 3. The van der Waals surface area contributed by atoms with E-state index < -0.39 is 5.82 Å². The van der Waals surface area contributed by atoms with Crippen molar-refractivity contribution in [3.63, 3.8) is 0 Å². The molecule has 8 heteroatoms. The van der Waals surface area contributed by atoms with Gasteiger partial charge in [-0.25, -0.2) is 4.39 Å². The summed E-state index contributed by atoms with van der Waals surface area (Å²) < 4.78 is 15.8. The molecule has 0 saturated heterocycles. The highest BCUT2D eigenvalue weighted by Gasteiger charge is 2.17. The van der Waals surface area contributed by atoms with E-state index in [2.05, 4.69) is 21.6 Å². The highest BCUT2D eigenvalue weighted by molar-refractivity contribution is 7.99. The Morgan fingerprint density at radius 3 is 2.93 bits per heavy atom. The van der Waals surface area contributed by atoms with Gasteiger partial charge in [0.05, 0.1) is 11.7 Å². The molecule has 0 aliphatic heterocycles. The van der Waals surface area contributed by atoms with Gasteiger partial charge in [0.15, 0.2) is 0 Å². The van der Waals surface area contributed by atoms with Gasteiger partial charge in [0, 0.05) is 45.0 Å². The maximum atomic E-state index is 13.9. The summed E-state index contributed by atoms with van der Waals surface area (Å²) in [5, 5.41) is 11.1. The van der Waals surface area contributed by atoms with Gasteiger partial charge in [0.1, 0.15) is 11.5 Å². The molecule has 0 radical (unpaired) electrons. The number of benzene rings is 2. The number of fused-ring (bicyclic) bond motifs is 1. The first-order chi connectivity index (χ1) is 13.9. The third-order valence-electron chi connectivity index (χ3n) is 4.85. The average molecular weight is 429 g/mol. The molecule has 148 valence electrons. The van der Waals surface area contributed by atoms with Crippen molar-refractivity contribution in [2.75, 3.05) is 0 Å². The molecule has 2 heterocycles. The van der Waals surface area contributed by atoms with E-state index in [1.165, 1.54) is 12.1 Å². The number of halogens is 2. The Hall–Kier alpha value is -2.77. The minimum Gasteiger partial charge on any atom is -0.347 e. The molecular weight excluding hydrogens is 411 g/mol. The molecule has 5 nitrogen and oxygen atoms in total. The Morgan fingerprint density at radius 1 is 1.31 bits per heavy atom. The second kappa shape index (κ2) is 7.93. The van der Waals surface area contributed by atoms with Gasteiger partial charge in [0.2, 0.25) is 0 Å². The van der Waals surface area contributed by atoms with Crippen LogP contribution in [0.15, 0.2) is 58.5 Å². The molecule has 2 N–H and O–H groups in total. The zero-order chi connectivity index (χ0) is 20.5. The van der Waals surface area contributed by atoms with Gasteiger partial charge in [-0.05, 0) is 43.3 Å². The first-order valence-electron chi connectivity index (χ1n) is 8.92. The molecule has 0 bridgehead atoms. The Labute approximate surface area is 176 Å². The Balaban J connectivity index is 1.53. The van der Waals surface area contributed by atoms with E-state index in [4.69, 9.17) is 11.6 Å². The summed E-state index contributed by atoms with van der Waals surface area (Å²) in [5.41, 5.74) is 2.72. The Morgan fingerprint density at radius 2 is 2.14 bits per heavy atom. The number of nitrogens with one attached hydrogen (secondary N) is 2. The zero-order valence-electron chi connectivity index (χ0n) is 15.8. The quantitative estimate of drug-likeness (QED) is 0.465. The molecule has 0 unspecified atom stereocenters. The number of hydrogen-bond donors (Lipinski definition) is 2. The molecule has 0 fully saturated rings. The summed E-state index contributed by atoms with van der Waals surface area (Å²) in [6.07, 6.45) is 1.78. The fraction of sp³-hybridized carbons (Fsp3) is 0.143. The smallest absolute Gasteiger partial charge is 0.268 e. The van der Waals surface area contributed by atoms with Crippen LogP contribution in [-0.2, 0) is 13.6 Å². The van der Waals surface area contributed by atoms with Crippen molar-refractivity contribution in [2.45, 2.75) is 23.3 Å². The van der Waals surface area contributed by atoms with Gasteiger partial charge in [-0.1, -0.05) is 29.4 Å². The van der Waals surface area contributed by atoms with E-state index >= 15 is 0 Å². The number of nitrogens with zero attached hydrogens (tertiary/aromatic N) is 2. The van der Waals surface area contributed by atoms with E-state index in [9.17, 15) is 9.18 Å². The van der Waals surface area contributed by atoms with Crippen LogP contribution in [0.2, 0.25) is 5.02 Å². The fourth-order valence-electron chi connectivity index (χ4n) is 3.06. The van der Waals surface area contributed by atoms with Crippen LogP contribution >= 0.6 is 23.4 Å². The monoisotopic (exact) mass is 428 g/mol. The predicted octanol–water partition coefficient (Wildman–Crippen LogP) is 5.08. The highest BCUT2D eigenvalue weighted by atomic mass is 35.5. The zero-order valence-corrected chi connectivity index (χ0v) is 17.4. The predicted molar refractivity (Wildman–Crippen MR) is 113 cm³/mol. The van der Waals surface area contributed by atoms with Crippen LogP contribution < -0.4 is 5.32 Å². The van der Waals surface area contributed by atoms with Crippen LogP contribution in [0.3, 0.4) is 0 Å². The molecule has 0 aliphatic carbocycles. The van der Waals surface area contributed by atoms with Gasteiger partial charge >= 0.3 is 0 Å².